The van der Waals surface area contributed by atoms with Gasteiger partial charge in [-0.25, -0.2) is 0 Å². The van der Waals surface area contributed by atoms with Gasteiger partial charge in [0, 0.05) is 0 Å². The Morgan fingerprint density at radius 1 is 0.441 bits per heavy atom. The average molecular weight is 504 g/mol. The van der Waals surface area contributed by atoms with E-state index in [1.165, 1.54) is 0 Å². The lowest BCUT2D eigenvalue weighted by atomic mass is 9.96. The molecule has 3 aliphatic heterocycles. The molecule has 15 atom stereocenters. The molecular weight excluding hydrogens is 472 g/mol. The summed E-state index contributed by atoms with van der Waals surface area (Å²) in [5, 5.41) is 109. The Bertz CT molecular complexity index is 599. The molecule has 34 heavy (non-hydrogen) atoms. The SMILES string of the molecule is OC[C@H]1O[C@@H](O[C@@H]2[C@@H](O)[C@@H](O)O[C@H](CO)[C@H]2O[C@@H]2O[C@H](CO)[C@@H](O)[C@H](O)[C@H]2O)[C@H](O)[C@@H](O)[C@@H]1O. The zero-order valence-corrected chi connectivity index (χ0v) is 17.7. The van der Waals surface area contributed by atoms with E-state index in [9.17, 15) is 56.2 Å². The predicted molar refractivity (Wildman–Crippen MR) is 101 cm³/mol. The number of ether oxygens (including phenoxy) is 5. The first-order valence-electron chi connectivity index (χ1n) is 10.6. The molecule has 3 rings (SSSR count). The van der Waals surface area contributed by atoms with E-state index in [-0.39, 0.29) is 0 Å². The van der Waals surface area contributed by atoms with Gasteiger partial charge in [-0.15, -0.1) is 0 Å². The third-order valence-corrected chi connectivity index (χ3v) is 6.09. The predicted octanol–water partition coefficient (Wildman–Crippen LogP) is -7.57. The molecule has 16 heteroatoms. The van der Waals surface area contributed by atoms with E-state index in [0.717, 1.165) is 0 Å². The molecule has 0 spiro atoms. The second-order valence-corrected chi connectivity index (χ2v) is 8.33. The number of rotatable bonds is 7. The van der Waals surface area contributed by atoms with Crippen LogP contribution in [0.5, 0.6) is 0 Å². The van der Waals surface area contributed by atoms with Crippen molar-refractivity contribution >= 4 is 0 Å². The molecule has 3 aliphatic rings. The highest BCUT2D eigenvalue weighted by Crippen LogP contribution is 2.32. The fourth-order valence-electron chi connectivity index (χ4n) is 4.04. The molecule has 3 heterocycles. The summed E-state index contributed by atoms with van der Waals surface area (Å²) in [7, 11) is 0. The molecule has 200 valence electrons. The fraction of sp³-hybridized carbons (Fsp3) is 1.00. The lowest BCUT2D eigenvalue weighted by Gasteiger charge is -2.48. The topological polar surface area (TPSA) is 269 Å². The second kappa shape index (κ2) is 11.6. The van der Waals surface area contributed by atoms with Crippen molar-refractivity contribution in [3.05, 3.63) is 0 Å². The summed E-state index contributed by atoms with van der Waals surface area (Å²) in [6.07, 6.45) is -25.6. The normalized spacial score (nSPS) is 52.5. The van der Waals surface area contributed by atoms with Gasteiger partial charge in [0.15, 0.2) is 18.9 Å². The lowest BCUT2D eigenvalue weighted by molar-refractivity contribution is -0.383. The van der Waals surface area contributed by atoms with Gasteiger partial charge in [-0.2, -0.15) is 0 Å². The van der Waals surface area contributed by atoms with E-state index >= 15 is 0 Å². The molecule has 0 unspecified atom stereocenters. The van der Waals surface area contributed by atoms with Crippen molar-refractivity contribution in [2.45, 2.75) is 92.1 Å². The maximum Gasteiger partial charge on any atom is 0.187 e. The molecule has 0 radical (unpaired) electrons. The monoisotopic (exact) mass is 504 g/mol. The molecule has 0 aliphatic carbocycles. The van der Waals surface area contributed by atoms with Gasteiger partial charge in [-0.1, -0.05) is 0 Å². The molecule has 0 aromatic carbocycles. The van der Waals surface area contributed by atoms with Crippen LogP contribution in [-0.2, 0) is 23.7 Å². The molecule has 0 amide bonds. The Hall–Kier alpha value is -0.640. The highest BCUT2D eigenvalue weighted by molar-refractivity contribution is 4.96. The summed E-state index contributed by atoms with van der Waals surface area (Å²) in [5.74, 6) is 0. The van der Waals surface area contributed by atoms with Crippen molar-refractivity contribution in [3.63, 3.8) is 0 Å². The molecular formula is C18H32O16. The highest BCUT2D eigenvalue weighted by Gasteiger charge is 2.53. The number of hydrogen-bond acceptors (Lipinski definition) is 16. The van der Waals surface area contributed by atoms with Crippen LogP contribution in [0.15, 0.2) is 0 Å². The van der Waals surface area contributed by atoms with Crippen LogP contribution in [0.1, 0.15) is 0 Å². The molecule has 3 fully saturated rings. The average Bonchev–Trinajstić information content (AvgIpc) is 2.83. The van der Waals surface area contributed by atoms with Gasteiger partial charge in [-0.05, 0) is 0 Å². The summed E-state index contributed by atoms with van der Waals surface area (Å²) >= 11 is 0. The van der Waals surface area contributed by atoms with E-state index in [4.69, 9.17) is 23.7 Å². The largest absolute Gasteiger partial charge is 0.394 e. The third-order valence-electron chi connectivity index (χ3n) is 6.09. The summed E-state index contributed by atoms with van der Waals surface area (Å²) in [4.78, 5) is 0. The van der Waals surface area contributed by atoms with Crippen LogP contribution in [0.2, 0.25) is 0 Å². The Morgan fingerprint density at radius 3 is 1.26 bits per heavy atom. The van der Waals surface area contributed by atoms with Gasteiger partial charge in [0.1, 0.15) is 73.2 Å². The van der Waals surface area contributed by atoms with Crippen LogP contribution in [0.25, 0.3) is 0 Å². The van der Waals surface area contributed by atoms with Crippen LogP contribution in [0.4, 0.5) is 0 Å². The molecule has 16 nitrogen and oxygen atoms in total. The van der Waals surface area contributed by atoms with Gasteiger partial charge < -0.3 is 79.9 Å². The lowest BCUT2D eigenvalue weighted by Crippen LogP contribution is -2.67. The van der Waals surface area contributed by atoms with Crippen LogP contribution < -0.4 is 0 Å². The Kier molecular flexibility index (Phi) is 9.54. The Balaban J connectivity index is 1.84. The van der Waals surface area contributed by atoms with E-state index in [1.54, 1.807) is 0 Å². The number of aliphatic hydroxyl groups is 11. The summed E-state index contributed by atoms with van der Waals surface area (Å²) in [6.45, 7) is -2.35. The Labute approximate surface area is 192 Å². The first kappa shape index (κ1) is 27.9. The van der Waals surface area contributed by atoms with Crippen molar-refractivity contribution < 1.29 is 79.9 Å². The van der Waals surface area contributed by atoms with E-state index in [2.05, 4.69) is 0 Å². The van der Waals surface area contributed by atoms with E-state index in [1.807, 2.05) is 0 Å². The van der Waals surface area contributed by atoms with Gasteiger partial charge in [0.05, 0.1) is 19.8 Å². The molecule has 0 bridgehead atoms. The minimum Gasteiger partial charge on any atom is -0.394 e. The number of hydrogen-bond donors (Lipinski definition) is 11. The first-order valence-corrected chi connectivity index (χ1v) is 10.6. The van der Waals surface area contributed by atoms with Gasteiger partial charge >= 0.3 is 0 Å². The quantitative estimate of drug-likeness (QED) is 0.154. The van der Waals surface area contributed by atoms with E-state index < -0.39 is 112 Å². The molecule has 3 saturated heterocycles. The van der Waals surface area contributed by atoms with Crippen molar-refractivity contribution in [1.29, 1.82) is 0 Å². The van der Waals surface area contributed by atoms with Crippen LogP contribution >= 0.6 is 0 Å². The molecule has 0 aromatic heterocycles. The van der Waals surface area contributed by atoms with Crippen molar-refractivity contribution in [3.8, 4) is 0 Å². The minimum absolute atomic E-state index is 0.762. The summed E-state index contributed by atoms with van der Waals surface area (Å²) < 4.78 is 26.7. The fourth-order valence-corrected chi connectivity index (χ4v) is 4.04. The van der Waals surface area contributed by atoms with Crippen molar-refractivity contribution in [2.24, 2.45) is 0 Å². The zero-order chi connectivity index (χ0) is 25.3. The van der Waals surface area contributed by atoms with Gasteiger partial charge in [-0.3, -0.25) is 0 Å². The summed E-state index contributed by atoms with van der Waals surface area (Å²) in [5.41, 5.74) is 0. The van der Waals surface area contributed by atoms with E-state index in [0.29, 0.717) is 0 Å². The highest BCUT2D eigenvalue weighted by atomic mass is 16.8. The van der Waals surface area contributed by atoms with Gasteiger partial charge in [0.2, 0.25) is 0 Å². The van der Waals surface area contributed by atoms with Gasteiger partial charge in [0.25, 0.3) is 0 Å². The standard InChI is InChI=1S/C18H32O16/c19-1-4-7(22)9(24)11(26)17(31-4)33-14-6(3-21)30-16(29)13(28)15(14)34-18-12(27)10(25)8(23)5(2-20)32-18/h4-29H,1-3H2/t4-,5-,6-,7-,8-,9+,10+,11-,12-,13-,14-,15-,16+,17+,18+/m1/s1. The smallest absolute Gasteiger partial charge is 0.187 e. The number of aliphatic hydroxyl groups excluding tert-OH is 11. The van der Waals surface area contributed by atoms with Crippen molar-refractivity contribution in [2.75, 3.05) is 19.8 Å². The maximum absolute atomic E-state index is 10.5. The van der Waals surface area contributed by atoms with Crippen LogP contribution in [0, 0.1) is 0 Å². The molecule has 11 N–H and O–H groups in total. The third kappa shape index (κ3) is 5.37. The molecule has 0 saturated carbocycles. The second-order valence-electron chi connectivity index (χ2n) is 8.33. The summed E-state index contributed by atoms with van der Waals surface area (Å²) in [6, 6.07) is 0. The van der Waals surface area contributed by atoms with Crippen LogP contribution in [0.3, 0.4) is 0 Å². The minimum atomic E-state index is -1.93. The zero-order valence-electron chi connectivity index (χ0n) is 17.7. The van der Waals surface area contributed by atoms with Crippen molar-refractivity contribution in [1.82, 2.24) is 0 Å². The first-order chi connectivity index (χ1) is 16.0. The van der Waals surface area contributed by atoms with Crippen LogP contribution in [-0.4, -0.2) is 168 Å². The maximum atomic E-state index is 10.5. The molecule has 0 aromatic rings. The Morgan fingerprint density at radius 2 is 0.853 bits per heavy atom.